The van der Waals surface area contributed by atoms with Gasteiger partial charge in [0.05, 0.1) is 6.61 Å². The zero-order valence-corrected chi connectivity index (χ0v) is 9.97. The summed E-state index contributed by atoms with van der Waals surface area (Å²) in [5.41, 5.74) is 1.13. The third-order valence-electron chi connectivity index (χ3n) is 2.85. The molecule has 2 rings (SSSR count). The van der Waals surface area contributed by atoms with Gasteiger partial charge in [0.1, 0.15) is 0 Å². The highest BCUT2D eigenvalue weighted by molar-refractivity contribution is 6.31. The number of benzene rings is 1. The van der Waals surface area contributed by atoms with Crippen molar-refractivity contribution in [3.05, 3.63) is 34.9 Å². The Hall–Kier alpha value is -0.240. The lowest BCUT2D eigenvalue weighted by molar-refractivity contribution is 0.185. The lowest BCUT2D eigenvalue weighted by atomic mass is 9.98. The summed E-state index contributed by atoms with van der Waals surface area (Å²) in [6.45, 7) is 1.63. The molecule has 1 aliphatic heterocycles. The van der Waals surface area contributed by atoms with Crippen LogP contribution >= 0.6 is 23.2 Å². The van der Waals surface area contributed by atoms with Gasteiger partial charge in [0, 0.05) is 22.9 Å². The fraction of sp³-hybridized carbons (Fsp3) is 0.500. The molecular weight excluding hydrogens is 231 g/mol. The van der Waals surface area contributed by atoms with Gasteiger partial charge in [-0.3, -0.25) is 0 Å². The van der Waals surface area contributed by atoms with Gasteiger partial charge in [-0.25, -0.2) is 0 Å². The molecule has 2 atom stereocenters. The summed E-state index contributed by atoms with van der Waals surface area (Å²) in [7, 11) is 0. The van der Waals surface area contributed by atoms with Gasteiger partial charge in [0.2, 0.25) is 0 Å². The second-order valence-electron chi connectivity index (χ2n) is 3.94. The van der Waals surface area contributed by atoms with Crippen LogP contribution in [0.25, 0.3) is 0 Å². The minimum absolute atomic E-state index is 0.132. The van der Waals surface area contributed by atoms with Gasteiger partial charge in [-0.15, -0.1) is 11.6 Å². The van der Waals surface area contributed by atoms with E-state index < -0.39 is 0 Å². The van der Waals surface area contributed by atoms with Crippen LogP contribution in [0.2, 0.25) is 5.02 Å². The van der Waals surface area contributed by atoms with Gasteiger partial charge in [-0.2, -0.15) is 0 Å². The van der Waals surface area contributed by atoms with Crippen LogP contribution in [0, 0.1) is 5.92 Å². The van der Waals surface area contributed by atoms with Crippen molar-refractivity contribution < 1.29 is 4.74 Å². The molecule has 1 saturated heterocycles. The van der Waals surface area contributed by atoms with Gasteiger partial charge < -0.3 is 4.74 Å². The van der Waals surface area contributed by atoms with Gasteiger partial charge in [-0.1, -0.05) is 29.8 Å². The molecule has 1 fully saturated rings. The maximum absolute atomic E-state index is 6.35. The first kappa shape index (κ1) is 11.3. The smallest absolute Gasteiger partial charge is 0.0509 e. The third kappa shape index (κ3) is 2.87. The quantitative estimate of drug-likeness (QED) is 0.740. The van der Waals surface area contributed by atoms with Crippen molar-refractivity contribution in [2.45, 2.75) is 18.2 Å². The first-order valence-electron chi connectivity index (χ1n) is 5.22. The number of halogens is 2. The molecule has 1 aromatic carbocycles. The van der Waals surface area contributed by atoms with Crippen molar-refractivity contribution in [3.8, 4) is 0 Å². The molecule has 3 heteroatoms. The lowest BCUT2D eigenvalue weighted by Crippen LogP contribution is -2.17. The highest BCUT2D eigenvalue weighted by atomic mass is 35.5. The highest BCUT2D eigenvalue weighted by Crippen LogP contribution is 2.26. The molecule has 0 aromatic heterocycles. The number of ether oxygens (including phenoxy) is 1. The molecule has 1 nitrogen and oxygen atoms in total. The second-order valence-corrected chi connectivity index (χ2v) is 4.90. The summed E-state index contributed by atoms with van der Waals surface area (Å²) in [4.78, 5) is 0. The highest BCUT2D eigenvalue weighted by Gasteiger charge is 2.24. The predicted octanol–water partition coefficient (Wildman–Crippen LogP) is 3.53. The van der Waals surface area contributed by atoms with Gasteiger partial charge in [0.15, 0.2) is 0 Å². The van der Waals surface area contributed by atoms with Crippen LogP contribution < -0.4 is 0 Å². The molecule has 0 amide bonds. The maximum Gasteiger partial charge on any atom is 0.0509 e. The molecule has 0 aliphatic carbocycles. The zero-order chi connectivity index (χ0) is 10.7. The van der Waals surface area contributed by atoms with Crippen molar-refractivity contribution in [2.75, 3.05) is 13.2 Å². The Morgan fingerprint density at radius 3 is 2.87 bits per heavy atom. The predicted molar refractivity (Wildman–Crippen MR) is 63.7 cm³/mol. The Labute approximate surface area is 100 Å². The molecule has 0 N–H and O–H groups in total. The fourth-order valence-electron chi connectivity index (χ4n) is 1.88. The Morgan fingerprint density at radius 2 is 2.20 bits per heavy atom. The van der Waals surface area contributed by atoms with Gasteiger partial charge in [0.25, 0.3) is 0 Å². The molecule has 2 unspecified atom stereocenters. The van der Waals surface area contributed by atoms with Crippen molar-refractivity contribution >= 4 is 23.2 Å². The minimum atomic E-state index is 0.132. The van der Waals surface area contributed by atoms with E-state index in [0.29, 0.717) is 5.92 Å². The van der Waals surface area contributed by atoms with E-state index in [2.05, 4.69) is 0 Å². The molecular formula is C12H14Cl2O. The van der Waals surface area contributed by atoms with E-state index in [1.807, 2.05) is 24.3 Å². The van der Waals surface area contributed by atoms with Crippen LogP contribution in [0.4, 0.5) is 0 Å². The van der Waals surface area contributed by atoms with E-state index in [1.165, 1.54) is 0 Å². The fourth-order valence-corrected chi connectivity index (χ4v) is 2.46. The summed E-state index contributed by atoms with van der Waals surface area (Å²) in [5, 5.41) is 0.939. The molecule has 0 radical (unpaired) electrons. The Kier molecular flexibility index (Phi) is 3.90. The molecule has 0 saturated carbocycles. The molecule has 82 valence electrons. The molecule has 0 bridgehead atoms. The zero-order valence-electron chi connectivity index (χ0n) is 8.46. The Morgan fingerprint density at radius 1 is 1.40 bits per heavy atom. The van der Waals surface area contributed by atoms with Crippen LogP contribution in [0.1, 0.15) is 12.0 Å². The van der Waals surface area contributed by atoms with E-state index in [4.69, 9.17) is 27.9 Å². The Bertz CT molecular complexity index is 321. The van der Waals surface area contributed by atoms with E-state index in [9.17, 15) is 0 Å². The standard InChI is InChI=1S/C12H14Cl2O/c13-11-4-2-1-3-9(11)7-12(14)10-5-6-15-8-10/h1-4,10,12H,5-8H2. The molecule has 1 heterocycles. The van der Waals surface area contributed by atoms with Gasteiger partial charge in [-0.05, 0) is 24.5 Å². The van der Waals surface area contributed by atoms with Crippen LogP contribution in [0.3, 0.4) is 0 Å². The summed E-state index contributed by atoms with van der Waals surface area (Å²) in [6, 6.07) is 7.88. The van der Waals surface area contributed by atoms with Crippen LogP contribution in [0.15, 0.2) is 24.3 Å². The topological polar surface area (TPSA) is 9.23 Å². The lowest BCUT2D eigenvalue weighted by Gasteiger charge is -2.15. The third-order valence-corrected chi connectivity index (χ3v) is 3.73. The first-order valence-corrected chi connectivity index (χ1v) is 6.04. The average molecular weight is 245 g/mol. The number of alkyl halides is 1. The van der Waals surface area contributed by atoms with Crippen molar-refractivity contribution in [2.24, 2.45) is 5.92 Å². The second kappa shape index (κ2) is 5.20. The van der Waals surface area contributed by atoms with E-state index >= 15 is 0 Å². The van der Waals surface area contributed by atoms with Crippen molar-refractivity contribution in [1.82, 2.24) is 0 Å². The molecule has 1 aliphatic rings. The van der Waals surface area contributed by atoms with E-state index in [-0.39, 0.29) is 5.38 Å². The average Bonchev–Trinajstić information content (AvgIpc) is 2.74. The summed E-state index contributed by atoms with van der Waals surface area (Å²) < 4.78 is 5.33. The molecule has 0 spiro atoms. The number of rotatable bonds is 3. The minimum Gasteiger partial charge on any atom is -0.381 e. The van der Waals surface area contributed by atoms with Gasteiger partial charge >= 0.3 is 0 Å². The summed E-state index contributed by atoms with van der Waals surface area (Å²) in [5.74, 6) is 0.475. The first-order chi connectivity index (χ1) is 7.27. The van der Waals surface area contributed by atoms with E-state index in [0.717, 1.165) is 36.6 Å². The SMILES string of the molecule is Clc1ccccc1CC(Cl)C1CCOC1. The molecule has 15 heavy (non-hydrogen) atoms. The summed E-state index contributed by atoms with van der Waals surface area (Å²) in [6.07, 6.45) is 1.90. The maximum atomic E-state index is 6.35. The van der Waals surface area contributed by atoms with Crippen LogP contribution in [0.5, 0.6) is 0 Å². The Balaban J connectivity index is 1.99. The van der Waals surface area contributed by atoms with Crippen molar-refractivity contribution in [3.63, 3.8) is 0 Å². The normalized spacial score (nSPS) is 22.9. The van der Waals surface area contributed by atoms with E-state index in [1.54, 1.807) is 0 Å². The molecule has 1 aromatic rings. The summed E-state index contributed by atoms with van der Waals surface area (Å²) >= 11 is 12.4. The number of hydrogen-bond acceptors (Lipinski definition) is 1. The monoisotopic (exact) mass is 244 g/mol. The van der Waals surface area contributed by atoms with Crippen molar-refractivity contribution in [1.29, 1.82) is 0 Å². The largest absolute Gasteiger partial charge is 0.381 e. The van der Waals surface area contributed by atoms with Crippen LogP contribution in [-0.4, -0.2) is 18.6 Å². The van der Waals surface area contributed by atoms with Crippen LogP contribution in [-0.2, 0) is 11.2 Å². The number of hydrogen-bond donors (Lipinski definition) is 0.